The number of fused-ring (bicyclic) bond motifs is 1. The number of imide groups is 1. The summed E-state index contributed by atoms with van der Waals surface area (Å²) in [5.41, 5.74) is 1.12. The van der Waals surface area contributed by atoms with Crippen molar-refractivity contribution in [2.45, 2.75) is 4.90 Å². The fourth-order valence-corrected chi connectivity index (χ4v) is 3.70. The van der Waals surface area contributed by atoms with Crippen LogP contribution in [0.25, 0.3) is 0 Å². The Balaban J connectivity index is 1.52. The quantitative estimate of drug-likeness (QED) is 0.242. The molecule has 0 unspecified atom stereocenters. The molecule has 1 aliphatic heterocycles. The van der Waals surface area contributed by atoms with Crippen molar-refractivity contribution in [2.24, 2.45) is 0 Å². The predicted octanol–water partition coefficient (Wildman–Crippen LogP) is 4.58. The zero-order valence-corrected chi connectivity index (χ0v) is 18.4. The molecule has 0 radical (unpaired) electrons. The van der Waals surface area contributed by atoms with Gasteiger partial charge in [0.15, 0.2) is 12.4 Å². The summed E-state index contributed by atoms with van der Waals surface area (Å²) in [6, 6.07) is 17.5. The minimum atomic E-state index is -0.762. The van der Waals surface area contributed by atoms with Crippen LogP contribution < -0.4 is 4.90 Å². The summed E-state index contributed by atoms with van der Waals surface area (Å²) < 4.78 is 5.93. The van der Waals surface area contributed by atoms with Crippen molar-refractivity contribution in [3.63, 3.8) is 0 Å². The number of amides is 2. The number of thiol groups is 1. The average Bonchev–Trinajstić information content (AvgIpc) is 3.02. The van der Waals surface area contributed by atoms with Crippen LogP contribution in [-0.4, -0.2) is 30.2 Å². The summed E-state index contributed by atoms with van der Waals surface area (Å²) in [5, 5.41) is 0. The van der Waals surface area contributed by atoms with Gasteiger partial charge >= 0.3 is 5.97 Å². The lowest BCUT2D eigenvalue weighted by molar-refractivity contribution is 0.0474. The summed E-state index contributed by atoms with van der Waals surface area (Å²) in [6.07, 6.45) is 0. The highest BCUT2D eigenvalue weighted by atomic mass is 79.9. The van der Waals surface area contributed by atoms with Gasteiger partial charge in [0.05, 0.1) is 22.4 Å². The van der Waals surface area contributed by atoms with E-state index >= 15 is 0 Å². The van der Waals surface area contributed by atoms with Crippen molar-refractivity contribution in [3.8, 4) is 0 Å². The molecule has 0 fully saturated rings. The molecule has 0 bridgehead atoms. The van der Waals surface area contributed by atoms with Crippen LogP contribution in [0.15, 0.2) is 76.1 Å². The summed E-state index contributed by atoms with van der Waals surface area (Å²) in [7, 11) is 0. The Morgan fingerprint density at radius 1 is 0.871 bits per heavy atom. The van der Waals surface area contributed by atoms with Crippen LogP contribution >= 0.6 is 28.6 Å². The van der Waals surface area contributed by atoms with Gasteiger partial charge in [-0.05, 0) is 42.5 Å². The van der Waals surface area contributed by atoms with E-state index in [1.54, 1.807) is 48.5 Å². The molecule has 0 aromatic heterocycles. The van der Waals surface area contributed by atoms with E-state index in [0.717, 1.165) is 9.37 Å². The highest BCUT2D eigenvalue weighted by Gasteiger charge is 2.38. The second kappa shape index (κ2) is 8.49. The molecule has 6 nitrogen and oxygen atoms in total. The van der Waals surface area contributed by atoms with Gasteiger partial charge in [0.2, 0.25) is 0 Å². The van der Waals surface area contributed by atoms with Crippen molar-refractivity contribution >= 4 is 57.8 Å². The molecule has 4 rings (SSSR count). The normalized spacial score (nSPS) is 12.6. The van der Waals surface area contributed by atoms with E-state index in [9.17, 15) is 19.2 Å². The van der Waals surface area contributed by atoms with Crippen LogP contribution in [0.2, 0.25) is 0 Å². The number of carbonyl (C=O) groups excluding carboxylic acids is 4. The van der Waals surface area contributed by atoms with E-state index in [4.69, 9.17) is 4.74 Å². The number of halogens is 1. The number of ether oxygens (including phenoxy) is 1. The molecule has 0 saturated heterocycles. The number of rotatable bonds is 5. The summed E-state index contributed by atoms with van der Waals surface area (Å²) in [4.78, 5) is 51.7. The first-order valence-electron chi connectivity index (χ1n) is 9.13. The van der Waals surface area contributed by atoms with Gasteiger partial charge in [0, 0.05) is 14.9 Å². The number of esters is 1. The maximum Gasteiger partial charge on any atom is 0.338 e. The predicted molar refractivity (Wildman–Crippen MR) is 120 cm³/mol. The van der Waals surface area contributed by atoms with Crippen molar-refractivity contribution in [3.05, 3.63) is 93.5 Å². The molecule has 0 saturated carbocycles. The van der Waals surface area contributed by atoms with Crippen molar-refractivity contribution in [1.82, 2.24) is 0 Å². The first kappa shape index (κ1) is 21.0. The second-order valence-electron chi connectivity index (χ2n) is 6.70. The third-order valence-electron chi connectivity index (χ3n) is 4.75. The molecule has 2 amide bonds. The Kier molecular flexibility index (Phi) is 5.75. The number of nitrogens with zero attached hydrogens (tertiary/aromatic N) is 1. The smallest absolute Gasteiger partial charge is 0.338 e. The third kappa shape index (κ3) is 4.04. The number of hydrogen-bond donors (Lipinski definition) is 1. The standard InChI is InChI=1S/C23H14BrNO5S/c24-15-8-5-13(6-9-15)19(26)12-30-23(29)14-7-10-16-17(11-14)22(28)25(21(16)27)18-3-1-2-4-20(18)31/h1-11,31H,12H2. The molecule has 31 heavy (non-hydrogen) atoms. The number of ketones is 1. The van der Waals surface area contributed by atoms with Crippen LogP contribution in [0.5, 0.6) is 0 Å². The maximum absolute atomic E-state index is 12.9. The highest BCUT2D eigenvalue weighted by Crippen LogP contribution is 2.32. The molecule has 8 heteroatoms. The zero-order chi connectivity index (χ0) is 22.1. The lowest BCUT2D eigenvalue weighted by Crippen LogP contribution is -2.29. The van der Waals surface area contributed by atoms with E-state index in [2.05, 4.69) is 28.6 Å². The topological polar surface area (TPSA) is 80.8 Å². The SMILES string of the molecule is O=C(COC(=O)c1ccc2c(c1)C(=O)N(c1ccccc1S)C2=O)c1ccc(Br)cc1. The van der Waals surface area contributed by atoms with Crippen LogP contribution in [-0.2, 0) is 4.74 Å². The maximum atomic E-state index is 12.9. The number of anilines is 1. The van der Waals surface area contributed by atoms with E-state index in [1.165, 1.54) is 18.2 Å². The van der Waals surface area contributed by atoms with Gasteiger partial charge in [0.25, 0.3) is 11.8 Å². The molecular weight excluding hydrogens is 482 g/mol. The molecule has 1 aliphatic rings. The lowest BCUT2D eigenvalue weighted by atomic mass is 10.1. The van der Waals surface area contributed by atoms with Gasteiger partial charge in [-0.25, -0.2) is 9.69 Å². The fourth-order valence-electron chi connectivity index (χ4n) is 3.17. The van der Waals surface area contributed by atoms with Gasteiger partial charge in [-0.15, -0.1) is 12.6 Å². The van der Waals surface area contributed by atoms with Gasteiger partial charge in [0.1, 0.15) is 0 Å². The molecular formula is C23H14BrNO5S. The lowest BCUT2D eigenvalue weighted by Gasteiger charge is -2.15. The van der Waals surface area contributed by atoms with Crippen LogP contribution in [0.1, 0.15) is 41.4 Å². The van der Waals surface area contributed by atoms with E-state index in [1.807, 2.05) is 0 Å². The minimum absolute atomic E-state index is 0.0736. The van der Waals surface area contributed by atoms with Crippen molar-refractivity contribution in [1.29, 1.82) is 0 Å². The van der Waals surface area contributed by atoms with Crippen LogP contribution in [0.4, 0.5) is 5.69 Å². The van der Waals surface area contributed by atoms with E-state index in [0.29, 0.717) is 16.1 Å². The first-order valence-corrected chi connectivity index (χ1v) is 10.4. The Bertz CT molecular complexity index is 1240. The van der Waals surface area contributed by atoms with Crippen molar-refractivity contribution < 1.29 is 23.9 Å². The number of carbonyl (C=O) groups is 4. The first-order chi connectivity index (χ1) is 14.9. The molecule has 0 aliphatic carbocycles. The Morgan fingerprint density at radius 2 is 1.52 bits per heavy atom. The molecule has 3 aromatic carbocycles. The van der Waals surface area contributed by atoms with Crippen LogP contribution in [0, 0.1) is 0 Å². The minimum Gasteiger partial charge on any atom is -0.454 e. The van der Waals surface area contributed by atoms with E-state index in [-0.39, 0.29) is 22.5 Å². The number of Topliss-reactive ketones (excluding diaryl/α,β-unsaturated/α-hetero) is 1. The average molecular weight is 496 g/mol. The Hall–Kier alpha value is -3.23. The second-order valence-corrected chi connectivity index (χ2v) is 8.10. The Morgan fingerprint density at radius 3 is 2.23 bits per heavy atom. The van der Waals surface area contributed by atoms with Gasteiger partial charge < -0.3 is 4.74 Å². The fraction of sp³-hybridized carbons (Fsp3) is 0.0435. The molecule has 3 aromatic rings. The summed E-state index contributed by atoms with van der Waals surface area (Å²) in [6.45, 7) is -0.441. The molecule has 154 valence electrons. The zero-order valence-electron chi connectivity index (χ0n) is 15.9. The monoisotopic (exact) mass is 495 g/mol. The largest absolute Gasteiger partial charge is 0.454 e. The highest BCUT2D eigenvalue weighted by molar-refractivity contribution is 9.10. The van der Waals surface area contributed by atoms with Crippen molar-refractivity contribution in [2.75, 3.05) is 11.5 Å². The third-order valence-corrected chi connectivity index (χ3v) is 5.65. The van der Waals surface area contributed by atoms with Gasteiger partial charge in [-0.1, -0.05) is 40.2 Å². The summed E-state index contributed by atoms with van der Waals surface area (Å²) >= 11 is 7.60. The molecule has 1 heterocycles. The number of para-hydroxylation sites is 1. The molecule has 0 atom stereocenters. The van der Waals surface area contributed by atoms with Crippen LogP contribution in [0.3, 0.4) is 0 Å². The summed E-state index contributed by atoms with van der Waals surface area (Å²) in [5.74, 6) is -2.17. The van der Waals surface area contributed by atoms with E-state index < -0.39 is 24.4 Å². The van der Waals surface area contributed by atoms with Gasteiger partial charge in [-0.2, -0.15) is 0 Å². The van der Waals surface area contributed by atoms with Gasteiger partial charge in [-0.3, -0.25) is 14.4 Å². The number of benzene rings is 3. The number of hydrogen-bond acceptors (Lipinski definition) is 6. The molecule has 0 N–H and O–H groups in total. The Labute approximate surface area is 191 Å². The molecule has 0 spiro atoms.